The molecule has 3 rings (SSSR count). The summed E-state index contributed by atoms with van der Waals surface area (Å²) in [6.07, 6.45) is 2.08. The molecule has 0 atom stereocenters. The molecule has 30 heavy (non-hydrogen) atoms. The molecule has 1 aromatic heterocycles. The Kier molecular flexibility index (Phi) is 7.70. The molecule has 1 amide bonds. The number of ether oxygens (including phenoxy) is 3. The lowest BCUT2D eigenvalue weighted by atomic mass is 10.1. The number of aromatic nitrogens is 1. The molecule has 6 nitrogen and oxygen atoms in total. The Balaban J connectivity index is 1.60. The lowest BCUT2D eigenvalue weighted by molar-refractivity contribution is -0.118. The Morgan fingerprint density at radius 2 is 1.87 bits per heavy atom. The lowest BCUT2D eigenvalue weighted by Crippen LogP contribution is -2.20. The van der Waals surface area contributed by atoms with Gasteiger partial charge < -0.3 is 14.2 Å². The molecule has 1 heterocycles. The van der Waals surface area contributed by atoms with Gasteiger partial charge in [-0.2, -0.15) is 0 Å². The summed E-state index contributed by atoms with van der Waals surface area (Å²) < 4.78 is 17.1. The molecular weight excluding hydrogens is 468 g/mol. The van der Waals surface area contributed by atoms with Gasteiger partial charge in [0.1, 0.15) is 5.75 Å². The Morgan fingerprint density at radius 3 is 2.57 bits per heavy atom. The zero-order chi connectivity index (χ0) is 21.5. The first-order valence-corrected chi connectivity index (χ1v) is 11.1. The number of rotatable bonds is 9. The maximum Gasteiger partial charge on any atom is 0.264 e. The van der Waals surface area contributed by atoms with E-state index in [2.05, 4.69) is 33.2 Å². The van der Waals surface area contributed by atoms with Gasteiger partial charge in [-0.15, -0.1) is 11.3 Å². The van der Waals surface area contributed by atoms with Gasteiger partial charge in [-0.25, -0.2) is 4.98 Å². The van der Waals surface area contributed by atoms with Crippen molar-refractivity contribution in [2.45, 2.75) is 19.8 Å². The van der Waals surface area contributed by atoms with E-state index in [0.29, 0.717) is 22.4 Å². The van der Waals surface area contributed by atoms with Gasteiger partial charge in [-0.05, 0) is 58.2 Å². The van der Waals surface area contributed by atoms with Crippen LogP contribution in [0.3, 0.4) is 0 Å². The van der Waals surface area contributed by atoms with E-state index in [0.717, 1.165) is 28.6 Å². The summed E-state index contributed by atoms with van der Waals surface area (Å²) in [5.74, 6) is 1.64. The van der Waals surface area contributed by atoms with E-state index in [1.165, 1.54) is 16.9 Å². The second kappa shape index (κ2) is 10.4. The van der Waals surface area contributed by atoms with Crippen LogP contribution in [0.25, 0.3) is 11.3 Å². The summed E-state index contributed by atoms with van der Waals surface area (Å²) in [6.45, 7) is 2.04. The SMILES string of the molecule is CCCc1ccc(OCC(=O)Nc2nc(-c3ccc(OC)c(OC)c3)cs2)c(Br)c1. The van der Waals surface area contributed by atoms with Crippen LogP contribution >= 0.6 is 27.3 Å². The van der Waals surface area contributed by atoms with Crippen LogP contribution in [0.5, 0.6) is 17.2 Å². The normalized spacial score (nSPS) is 10.5. The van der Waals surface area contributed by atoms with E-state index < -0.39 is 0 Å². The van der Waals surface area contributed by atoms with Crippen molar-refractivity contribution in [2.24, 2.45) is 0 Å². The van der Waals surface area contributed by atoms with Crippen LogP contribution in [0, 0.1) is 0 Å². The molecule has 8 heteroatoms. The number of benzene rings is 2. The number of nitrogens with one attached hydrogen (secondary N) is 1. The van der Waals surface area contributed by atoms with E-state index in [1.807, 2.05) is 41.8 Å². The number of hydrogen-bond acceptors (Lipinski definition) is 6. The van der Waals surface area contributed by atoms with Gasteiger partial charge >= 0.3 is 0 Å². The maximum absolute atomic E-state index is 12.3. The zero-order valence-electron chi connectivity index (χ0n) is 17.0. The van der Waals surface area contributed by atoms with Crippen LogP contribution in [0.4, 0.5) is 5.13 Å². The summed E-state index contributed by atoms with van der Waals surface area (Å²) >= 11 is 4.85. The van der Waals surface area contributed by atoms with Gasteiger partial charge in [0, 0.05) is 10.9 Å². The number of aryl methyl sites for hydroxylation is 1. The second-order valence-electron chi connectivity index (χ2n) is 6.46. The molecule has 0 fully saturated rings. The number of halogens is 1. The van der Waals surface area contributed by atoms with Crippen LogP contribution < -0.4 is 19.5 Å². The van der Waals surface area contributed by atoms with Crippen LogP contribution in [0.15, 0.2) is 46.3 Å². The third-order valence-corrected chi connectivity index (χ3v) is 5.70. The average molecular weight is 491 g/mol. The Labute approximate surface area is 188 Å². The van der Waals surface area contributed by atoms with Crippen LogP contribution in [0.2, 0.25) is 0 Å². The van der Waals surface area contributed by atoms with Gasteiger partial charge in [-0.3, -0.25) is 10.1 Å². The molecule has 0 unspecified atom stereocenters. The van der Waals surface area contributed by atoms with E-state index >= 15 is 0 Å². The molecular formula is C22H23BrN2O4S. The van der Waals surface area contributed by atoms with E-state index in [4.69, 9.17) is 14.2 Å². The molecule has 158 valence electrons. The van der Waals surface area contributed by atoms with E-state index in [1.54, 1.807) is 14.2 Å². The summed E-state index contributed by atoms with van der Waals surface area (Å²) in [7, 11) is 3.18. The lowest BCUT2D eigenvalue weighted by Gasteiger charge is -2.09. The third kappa shape index (κ3) is 5.52. The van der Waals surface area contributed by atoms with Crippen molar-refractivity contribution < 1.29 is 19.0 Å². The molecule has 2 aromatic carbocycles. The quantitative estimate of drug-likeness (QED) is 0.425. The van der Waals surface area contributed by atoms with Gasteiger partial charge in [-0.1, -0.05) is 19.4 Å². The smallest absolute Gasteiger partial charge is 0.264 e. The Bertz CT molecular complexity index is 1020. The molecule has 0 spiro atoms. The first kappa shape index (κ1) is 22.1. The topological polar surface area (TPSA) is 69.7 Å². The second-order valence-corrected chi connectivity index (χ2v) is 8.17. The molecule has 0 aliphatic heterocycles. The number of hydrogen-bond donors (Lipinski definition) is 1. The summed E-state index contributed by atoms with van der Waals surface area (Å²) in [5, 5.41) is 5.16. The summed E-state index contributed by atoms with van der Waals surface area (Å²) in [4.78, 5) is 16.8. The first-order chi connectivity index (χ1) is 14.5. The van der Waals surface area contributed by atoms with Crippen LogP contribution in [-0.2, 0) is 11.2 Å². The fraction of sp³-hybridized carbons (Fsp3) is 0.273. The highest BCUT2D eigenvalue weighted by molar-refractivity contribution is 9.10. The number of amides is 1. The van der Waals surface area contributed by atoms with Gasteiger partial charge in [0.15, 0.2) is 23.2 Å². The molecule has 1 N–H and O–H groups in total. The number of carbonyl (C=O) groups excluding carboxylic acids is 1. The maximum atomic E-state index is 12.3. The zero-order valence-corrected chi connectivity index (χ0v) is 19.4. The Morgan fingerprint density at radius 1 is 1.10 bits per heavy atom. The van der Waals surface area contributed by atoms with Crippen molar-refractivity contribution in [2.75, 3.05) is 26.1 Å². The molecule has 3 aromatic rings. The highest BCUT2D eigenvalue weighted by atomic mass is 79.9. The Hall–Kier alpha value is -2.58. The molecule has 0 saturated carbocycles. The number of anilines is 1. The van der Waals surface area contributed by atoms with E-state index in [9.17, 15) is 4.79 Å². The monoisotopic (exact) mass is 490 g/mol. The average Bonchev–Trinajstić information content (AvgIpc) is 3.21. The minimum atomic E-state index is -0.271. The van der Waals surface area contributed by atoms with Crippen LogP contribution in [-0.4, -0.2) is 31.7 Å². The molecule has 0 aliphatic rings. The first-order valence-electron chi connectivity index (χ1n) is 9.43. The van der Waals surface area contributed by atoms with Crippen LogP contribution in [0.1, 0.15) is 18.9 Å². The molecule has 0 saturated heterocycles. The van der Waals surface area contributed by atoms with Gasteiger partial charge in [0.2, 0.25) is 0 Å². The highest BCUT2D eigenvalue weighted by Gasteiger charge is 2.12. The minimum Gasteiger partial charge on any atom is -0.493 e. The van der Waals surface area contributed by atoms with Crippen molar-refractivity contribution in [3.8, 4) is 28.5 Å². The molecule has 0 bridgehead atoms. The standard InChI is InChI=1S/C22H23BrN2O4S/c1-4-5-14-6-8-18(16(23)10-14)29-12-21(26)25-22-24-17(13-30-22)15-7-9-19(27-2)20(11-15)28-3/h6-11,13H,4-5,12H2,1-3H3,(H,24,25,26). The van der Waals surface area contributed by atoms with Crippen molar-refractivity contribution in [3.05, 3.63) is 51.8 Å². The number of carbonyl (C=O) groups is 1. The third-order valence-electron chi connectivity index (χ3n) is 4.32. The predicted octanol–water partition coefficient (Wildman–Crippen LogP) is 5.56. The van der Waals surface area contributed by atoms with Crippen molar-refractivity contribution in [3.63, 3.8) is 0 Å². The van der Waals surface area contributed by atoms with E-state index in [-0.39, 0.29) is 12.5 Å². The number of thiazole rings is 1. The minimum absolute atomic E-state index is 0.100. The summed E-state index contributed by atoms with van der Waals surface area (Å²) in [6, 6.07) is 11.5. The van der Waals surface area contributed by atoms with Crippen molar-refractivity contribution >= 4 is 38.3 Å². The number of methoxy groups -OCH3 is 2. The molecule has 0 aliphatic carbocycles. The van der Waals surface area contributed by atoms with Crippen molar-refractivity contribution in [1.29, 1.82) is 0 Å². The van der Waals surface area contributed by atoms with Gasteiger partial charge in [0.05, 0.1) is 24.4 Å². The fourth-order valence-electron chi connectivity index (χ4n) is 2.86. The largest absolute Gasteiger partial charge is 0.493 e. The highest BCUT2D eigenvalue weighted by Crippen LogP contribution is 2.33. The number of nitrogens with zero attached hydrogens (tertiary/aromatic N) is 1. The molecule has 0 radical (unpaired) electrons. The fourth-order valence-corrected chi connectivity index (χ4v) is 4.14. The van der Waals surface area contributed by atoms with Gasteiger partial charge in [0.25, 0.3) is 5.91 Å². The predicted molar refractivity (Wildman–Crippen MR) is 123 cm³/mol. The summed E-state index contributed by atoms with van der Waals surface area (Å²) in [5.41, 5.74) is 2.84. The van der Waals surface area contributed by atoms with Crippen molar-refractivity contribution in [1.82, 2.24) is 4.98 Å².